The Kier molecular flexibility index (Phi) is 4.56. The number of rotatable bonds is 4. The fourth-order valence-electron chi connectivity index (χ4n) is 4.09. The number of aryl methyl sites for hydroxylation is 3. The molecule has 6 nitrogen and oxygen atoms in total. The highest BCUT2D eigenvalue weighted by Gasteiger charge is 2.21. The molecule has 1 aliphatic carbocycles. The monoisotopic (exact) mass is 363 g/mol. The molecule has 2 aromatic heterocycles. The van der Waals surface area contributed by atoms with Gasteiger partial charge in [-0.1, -0.05) is 24.3 Å². The summed E-state index contributed by atoms with van der Waals surface area (Å²) < 4.78 is 1.83. The summed E-state index contributed by atoms with van der Waals surface area (Å²) in [7, 11) is 1.91. The van der Waals surface area contributed by atoms with Crippen LogP contribution >= 0.6 is 0 Å². The number of aromatic nitrogens is 4. The SMILES string of the molecule is Cc1nn(C)c(C)c1-c1cc(C(=O)NCC2CCCc3ccccc32)[nH]n1. The van der Waals surface area contributed by atoms with E-state index in [9.17, 15) is 4.79 Å². The van der Waals surface area contributed by atoms with Crippen molar-refractivity contribution in [2.45, 2.75) is 39.0 Å². The van der Waals surface area contributed by atoms with E-state index in [-0.39, 0.29) is 5.91 Å². The molecule has 140 valence electrons. The van der Waals surface area contributed by atoms with Crippen LogP contribution in [-0.2, 0) is 13.5 Å². The van der Waals surface area contributed by atoms with E-state index in [0.29, 0.717) is 18.2 Å². The molecule has 4 rings (SSSR count). The average Bonchev–Trinajstić information content (AvgIpc) is 3.24. The van der Waals surface area contributed by atoms with Crippen molar-refractivity contribution in [2.24, 2.45) is 7.05 Å². The number of amides is 1. The highest BCUT2D eigenvalue weighted by atomic mass is 16.1. The number of fused-ring (bicyclic) bond motifs is 1. The van der Waals surface area contributed by atoms with Crippen LogP contribution in [0.25, 0.3) is 11.3 Å². The van der Waals surface area contributed by atoms with Crippen LogP contribution in [0.5, 0.6) is 0 Å². The minimum atomic E-state index is -0.115. The zero-order valence-electron chi connectivity index (χ0n) is 16.0. The molecule has 0 spiro atoms. The van der Waals surface area contributed by atoms with Crippen LogP contribution in [0.1, 0.15) is 51.8 Å². The van der Waals surface area contributed by atoms with Gasteiger partial charge in [0.15, 0.2) is 0 Å². The first-order valence-electron chi connectivity index (χ1n) is 9.46. The quantitative estimate of drug-likeness (QED) is 0.747. The predicted octanol–water partition coefficient (Wildman–Crippen LogP) is 3.28. The maximum absolute atomic E-state index is 12.6. The lowest BCUT2D eigenvalue weighted by Gasteiger charge is -2.25. The molecule has 1 aromatic carbocycles. The van der Waals surface area contributed by atoms with Gasteiger partial charge in [-0.05, 0) is 50.3 Å². The molecule has 0 saturated carbocycles. The summed E-state index contributed by atoms with van der Waals surface area (Å²) >= 11 is 0. The Balaban J connectivity index is 1.47. The normalized spacial score (nSPS) is 16.2. The molecule has 0 fully saturated rings. The molecule has 1 atom stereocenters. The fraction of sp³-hybridized carbons (Fsp3) is 0.381. The van der Waals surface area contributed by atoms with E-state index in [2.05, 4.69) is 44.9 Å². The van der Waals surface area contributed by atoms with Gasteiger partial charge >= 0.3 is 0 Å². The smallest absolute Gasteiger partial charge is 0.269 e. The van der Waals surface area contributed by atoms with Gasteiger partial charge in [-0.3, -0.25) is 14.6 Å². The van der Waals surface area contributed by atoms with E-state index >= 15 is 0 Å². The van der Waals surface area contributed by atoms with Crippen molar-refractivity contribution in [3.8, 4) is 11.3 Å². The van der Waals surface area contributed by atoms with Gasteiger partial charge in [0, 0.05) is 30.8 Å². The third-order valence-electron chi connectivity index (χ3n) is 5.59. The first-order valence-corrected chi connectivity index (χ1v) is 9.46. The largest absolute Gasteiger partial charge is 0.350 e. The van der Waals surface area contributed by atoms with E-state index in [1.165, 1.54) is 17.5 Å². The van der Waals surface area contributed by atoms with Crippen molar-refractivity contribution in [1.82, 2.24) is 25.3 Å². The van der Waals surface area contributed by atoms with E-state index in [1.807, 2.05) is 25.6 Å². The zero-order chi connectivity index (χ0) is 19.0. The highest BCUT2D eigenvalue weighted by Crippen LogP contribution is 2.31. The number of aromatic amines is 1. The molecule has 27 heavy (non-hydrogen) atoms. The lowest BCUT2D eigenvalue weighted by atomic mass is 9.83. The van der Waals surface area contributed by atoms with Crippen molar-refractivity contribution in [2.75, 3.05) is 6.54 Å². The highest BCUT2D eigenvalue weighted by molar-refractivity contribution is 5.93. The molecule has 2 N–H and O–H groups in total. The Morgan fingerprint density at radius 1 is 1.33 bits per heavy atom. The van der Waals surface area contributed by atoms with Crippen LogP contribution < -0.4 is 5.32 Å². The summed E-state index contributed by atoms with van der Waals surface area (Å²) in [5.74, 6) is 0.264. The zero-order valence-corrected chi connectivity index (χ0v) is 16.0. The molecule has 3 aromatic rings. The average molecular weight is 363 g/mol. The van der Waals surface area contributed by atoms with Gasteiger partial charge in [0.25, 0.3) is 5.91 Å². The molecular formula is C21H25N5O. The molecule has 1 amide bonds. The van der Waals surface area contributed by atoms with Crippen LogP contribution in [0.4, 0.5) is 0 Å². The second kappa shape index (κ2) is 7.02. The van der Waals surface area contributed by atoms with Gasteiger partial charge in [0.05, 0.1) is 11.4 Å². The number of benzene rings is 1. The van der Waals surface area contributed by atoms with Gasteiger partial charge < -0.3 is 5.32 Å². The minimum absolute atomic E-state index is 0.115. The first-order chi connectivity index (χ1) is 13.0. The third kappa shape index (κ3) is 3.27. The first kappa shape index (κ1) is 17.5. The standard InChI is InChI=1S/C21H25N5O/c1-13-20(14(2)26(3)25-13)18-11-19(24-23-18)21(27)22-12-16-9-6-8-15-7-4-5-10-17(15)16/h4-5,7,10-11,16H,6,8-9,12H2,1-3H3,(H,22,27)(H,23,24). The summed E-state index contributed by atoms with van der Waals surface area (Å²) in [6.45, 7) is 4.61. The number of nitrogens with one attached hydrogen (secondary N) is 2. The molecule has 0 aliphatic heterocycles. The van der Waals surface area contributed by atoms with Crippen molar-refractivity contribution in [3.05, 3.63) is 58.5 Å². The van der Waals surface area contributed by atoms with Gasteiger partial charge in [0.1, 0.15) is 5.69 Å². The summed E-state index contributed by atoms with van der Waals surface area (Å²) in [6, 6.07) is 10.4. The summed E-state index contributed by atoms with van der Waals surface area (Å²) in [4.78, 5) is 12.6. The van der Waals surface area contributed by atoms with Gasteiger partial charge in [-0.25, -0.2) is 0 Å². The van der Waals surface area contributed by atoms with Crippen molar-refractivity contribution in [1.29, 1.82) is 0 Å². The Morgan fingerprint density at radius 3 is 2.93 bits per heavy atom. The number of H-pyrrole nitrogens is 1. The van der Waals surface area contributed by atoms with Crippen molar-refractivity contribution < 1.29 is 4.79 Å². The second-order valence-electron chi connectivity index (χ2n) is 7.33. The summed E-state index contributed by atoms with van der Waals surface area (Å²) in [6.07, 6.45) is 3.42. The number of carbonyl (C=O) groups is 1. The molecular weight excluding hydrogens is 338 g/mol. The van der Waals surface area contributed by atoms with Crippen molar-refractivity contribution >= 4 is 5.91 Å². The number of nitrogens with zero attached hydrogens (tertiary/aromatic N) is 3. The fourth-order valence-corrected chi connectivity index (χ4v) is 4.09. The molecule has 1 unspecified atom stereocenters. The summed E-state index contributed by atoms with van der Waals surface area (Å²) in [5, 5.41) is 14.7. The predicted molar refractivity (Wildman–Crippen MR) is 105 cm³/mol. The van der Waals surface area contributed by atoms with Gasteiger partial charge in [-0.15, -0.1) is 0 Å². The number of hydrogen-bond acceptors (Lipinski definition) is 3. The lowest BCUT2D eigenvalue weighted by molar-refractivity contribution is 0.0945. The van der Waals surface area contributed by atoms with E-state index in [1.54, 1.807) is 6.07 Å². The van der Waals surface area contributed by atoms with E-state index in [0.717, 1.165) is 35.5 Å². The number of hydrogen-bond donors (Lipinski definition) is 2. The second-order valence-corrected chi connectivity index (χ2v) is 7.33. The Hall–Kier alpha value is -2.89. The van der Waals surface area contributed by atoms with Crippen LogP contribution in [0, 0.1) is 13.8 Å². The molecule has 2 heterocycles. The maximum atomic E-state index is 12.6. The topological polar surface area (TPSA) is 75.6 Å². The van der Waals surface area contributed by atoms with E-state index < -0.39 is 0 Å². The molecule has 1 aliphatic rings. The van der Waals surface area contributed by atoms with Gasteiger partial charge in [-0.2, -0.15) is 10.2 Å². The Labute approximate surface area is 159 Å². The minimum Gasteiger partial charge on any atom is -0.350 e. The Bertz CT molecular complexity index is 984. The van der Waals surface area contributed by atoms with Crippen LogP contribution in [0.2, 0.25) is 0 Å². The van der Waals surface area contributed by atoms with Gasteiger partial charge in [0.2, 0.25) is 0 Å². The Morgan fingerprint density at radius 2 is 2.15 bits per heavy atom. The van der Waals surface area contributed by atoms with Crippen LogP contribution in [0.3, 0.4) is 0 Å². The molecule has 0 radical (unpaired) electrons. The molecule has 0 bridgehead atoms. The lowest BCUT2D eigenvalue weighted by Crippen LogP contribution is -2.30. The van der Waals surface area contributed by atoms with Crippen LogP contribution in [0.15, 0.2) is 30.3 Å². The molecule has 0 saturated heterocycles. The summed E-state index contributed by atoms with van der Waals surface area (Å²) in [5.41, 5.74) is 6.94. The van der Waals surface area contributed by atoms with Crippen molar-refractivity contribution in [3.63, 3.8) is 0 Å². The van der Waals surface area contributed by atoms with E-state index in [4.69, 9.17) is 0 Å². The molecule has 6 heteroatoms. The van der Waals surface area contributed by atoms with Crippen LogP contribution in [-0.4, -0.2) is 32.4 Å². The maximum Gasteiger partial charge on any atom is 0.269 e. The third-order valence-corrected chi connectivity index (χ3v) is 5.59. The number of carbonyl (C=O) groups excluding carboxylic acids is 1.